The molecule has 6 heteroatoms. The summed E-state index contributed by atoms with van der Waals surface area (Å²) in [7, 11) is 1.32. The number of hydrogen-bond donors (Lipinski definition) is 1. The van der Waals surface area contributed by atoms with E-state index in [2.05, 4.69) is 32.6 Å². The highest BCUT2D eigenvalue weighted by Gasteiger charge is 2.18. The zero-order valence-corrected chi connectivity index (χ0v) is 12.7. The van der Waals surface area contributed by atoms with Gasteiger partial charge in [0.15, 0.2) is 0 Å². The number of ether oxygens (including phenoxy) is 1. The summed E-state index contributed by atoms with van der Waals surface area (Å²) in [6, 6.07) is 7.14. The van der Waals surface area contributed by atoms with Crippen LogP contribution < -0.4 is 5.32 Å². The monoisotopic (exact) mass is 381 g/mol. The second-order valence-electron chi connectivity index (χ2n) is 3.59. The lowest BCUT2D eigenvalue weighted by Crippen LogP contribution is -2.31. The molecule has 0 aromatic heterocycles. The lowest BCUT2D eigenvalue weighted by atomic mass is 10.0. The normalized spacial score (nSPS) is 11.7. The summed E-state index contributed by atoms with van der Waals surface area (Å²) in [5.41, 5.74) is 0.853. The molecule has 18 heavy (non-hydrogen) atoms. The third-order valence-electron chi connectivity index (χ3n) is 2.31. The number of esters is 1. The van der Waals surface area contributed by atoms with Gasteiger partial charge in [-0.25, -0.2) is 0 Å². The fourth-order valence-corrected chi connectivity index (χ4v) is 2.10. The van der Waals surface area contributed by atoms with Crippen LogP contribution >= 0.6 is 34.2 Å². The topological polar surface area (TPSA) is 55.4 Å². The fourth-order valence-electron chi connectivity index (χ4n) is 1.46. The lowest BCUT2D eigenvalue weighted by Gasteiger charge is -2.17. The predicted molar refractivity (Wildman–Crippen MR) is 77.4 cm³/mol. The molecule has 1 rings (SSSR count). The number of halogens is 2. The molecule has 0 saturated carbocycles. The van der Waals surface area contributed by atoms with Crippen LogP contribution in [-0.4, -0.2) is 24.9 Å². The summed E-state index contributed by atoms with van der Waals surface area (Å²) in [5, 5.41) is 2.70. The van der Waals surface area contributed by atoms with Crippen LogP contribution in [-0.2, 0) is 14.3 Å². The molecule has 0 spiro atoms. The number of methoxy groups -OCH3 is 1. The van der Waals surface area contributed by atoms with Crippen molar-refractivity contribution in [2.45, 2.75) is 12.5 Å². The van der Waals surface area contributed by atoms with Gasteiger partial charge < -0.3 is 10.1 Å². The largest absolute Gasteiger partial charge is 0.469 e. The molecule has 1 aromatic rings. The Hall–Kier alpha value is -0.820. The molecule has 0 aliphatic carbocycles. The number of carbonyl (C=O) groups is 2. The molecule has 4 nitrogen and oxygen atoms in total. The van der Waals surface area contributed by atoms with Crippen molar-refractivity contribution in [3.05, 3.63) is 33.4 Å². The Bertz CT molecular complexity index is 421. The summed E-state index contributed by atoms with van der Waals surface area (Å²) in [4.78, 5) is 22.7. The molecule has 0 aliphatic rings. The Balaban J connectivity index is 2.88. The summed E-state index contributed by atoms with van der Waals surface area (Å²) < 4.78 is 5.65. The molecule has 1 N–H and O–H groups in total. The number of nitrogens with one attached hydrogen (secondary N) is 1. The van der Waals surface area contributed by atoms with Gasteiger partial charge in [0, 0.05) is 3.57 Å². The number of carbonyl (C=O) groups excluding carboxylic acids is 2. The van der Waals surface area contributed by atoms with E-state index in [1.165, 1.54) is 7.11 Å². The summed E-state index contributed by atoms with van der Waals surface area (Å²) in [5.74, 6) is -0.833. The van der Waals surface area contributed by atoms with Gasteiger partial charge in [0.05, 0.1) is 19.6 Å². The zero-order chi connectivity index (χ0) is 13.5. The SMILES string of the molecule is COC(=O)C[C@@H](NC(=O)CCl)c1cccc(I)c1. The van der Waals surface area contributed by atoms with Crippen LogP contribution in [0, 0.1) is 3.57 Å². The standard InChI is InChI=1S/C12H13ClINO3/c1-18-12(17)6-10(15-11(16)7-13)8-3-2-4-9(14)5-8/h2-5,10H,6-7H2,1H3,(H,15,16)/t10-/m1/s1. The molecule has 0 radical (unpaired) electrons. The predicted octanol–water partition coefficient (Wildman–Crippen LogP) is 2.25. The average Bonchev–Trinajstić information content (AvgIpc) is 2.37. The first-order valence-corrected chi connectivity index (χ1v) is 6.85. The van der Waals surface area contributed by atoms with Gasteiger partial charge in [-0.05, 0) is 40.3 Å². The van der Waals surface area contributed by atoms with Gasteiger partial charge in [-0.2, -0.15) is 0 Å². The number of alkyl halides is 1. The van der Waals surface area contributed by atoms with Crippen LogP contribution in [0.5, 0.6) is 0 Å². The quantitative estimate of drug-likeness (QED) is 0.483. The third-order valence-corrected chi connectivity index (χ3v) is 3.22. The Labute approximate surface area is 124 Å². The molecular weight excluding hydrogens is 368 g/mol. The Morgan fingerprint density at radius 1 is 1.50 bits per heavy atom. The van der Waals surface area contributed by atoms with Crippen LogP contribution in [0.4, 0.5) is 0 Å². The fraction of sp³-hybridized carbons (Fsp3) is 0.333. The van der Waals surface area contributed by atoms with Crippen LogP contribution in [0.15, 0.2) is 24.3 Å². The van der Waals surface area contributed by atoms with E-state index in [4.69, 9.17) is 11.6 Å². The molecule has 0 saturated heterocycles. The van der Waals surface area contributed by atoms with Crippen molar-refractivity contribution in [2.24, 2.45) is 0 Å². The van der Waals surface area contributed by atoms with E-state index in [-0.39, 0.29) is 24.2 Å². The first kappa shape index (κ1) is 15.2. The van der Waals surface area contributed by atoms with Gasteiger partial charge in [0.25, 0.3) is 0 Å². The first-order chi connectivity index (χ1) is 8.56. The van der Waals surface area contributed by atoms with E-state index >= 15 is 0 Å². The molecule has 0 heterocycles. The first-order valence-electron chi connectivity index (χ1n) is 5.24. The van der Waals surface area contributed by atoms with Crippen molar-refractivity contribution in [1.29, 1.82) is 0 Å². The summed E-state index contributed by atoms with van der Waals surface area (Å²) in [6.07, 6.45) is 0.0826. The zero-order valence-electron chi connectivity index (χ0n) is 9.78. The van der Waals surface area contributed by atoms with E-state index in [0.717, 1.165) is 9.13 Å². The molecule has 1 aromatic carbocycles. The van der Waals surface area contributed by atoms with Gasteiger partial charge >= 0.3 is 5.97 Å². The van der Waals surface area contributed by atoms with Crippen molar-refractivity contribution in [3.63, 3.8) is 0 Å². The molecule has 0 aliphatic heterocycles. The minimum Gasteiger partial charge on any atom is -0.469 e. The smallest absolute Gasteiger partial charge is 0.307 e. The van der Waals surface area contributed by atoms with E-state index in [9.17, 15) is 9.59 Å². The van der Waals surface area contributed by atoms with Gasteiger partial charge in [-0.3, -0.25) is 9.59 Å². The van der Waals surface area contributed by atoms with E-state index in [1.807, 2.05) is 24.3 Å². The Morgan fingerprint density at radius 3 is 2.78 bits per heavy atom. The Kier molecular flexibility index (Phi) is 6.42. The average molecular weight is 382 g/mol. The van der Waals surface area contributed by atoms with E-state index < -0.39 is 6.04 Å². The molecule has 0 unspecified atom stereocenters. The molecule has 98 valence electrons. The number of hydrogen-bond acceptors (Lipinski definition) is 3. The molecule has 1 atom stereocenters. The van der Waals surface area contributed by atoms with Gasteiger partial charge in [0.2, 0.25) is 5.91 Å². The highest BCUT2D eigenvalue weighted by Crippen LogP contribution is 2.19. The summed E-state index contributed by atoms with van der Waals surface area (Å²) in [6.45, 7) is 0. The van der Waals surface area contributed by atoms with Crippen LogP contribution in [0.3, 0.4) is 0 Å². The lowest BCUT2D eigenvalue weighted by molar-refractivity contribution is -0.141. The van der Waals surface area contributed by atoms with Crippen LogP contribution in [0.2, 0.25) is 0 Å². The summed E-state index contributed by atoms with van der Waals surface area (Å²) >= 11 is 7.63. The van der Waals surface area contributed by atoms with Crippen LogP contribution in [0.1, 0.15) is 18.0 Å². The number of amides is 1. The van der Waals surface area contributed by atoms with Crippen molar-refractivity contribution in [3.8, 4) is 0 Å². The van der Waals surface area contributed by atoms with Gasteiger partial charge in [-0.15, -0.1) is 11.6 Å². The van der Waals surface area contributed by atoms with Gasteiger partial charge in [0.1, 0.15) is 5.88 Å². The highest BCUT2D eigenvalue weighted by molar-refractivity contribution is 14.1. The van der Waals surface area contributed by atoms with Crippen molar-refractivity contribution in [2.75, 3.05) is 13.0 Å². The highest BCUT2D eigenvalue weighted by atomic mass is 127. The minimum absolute atomic E-state index is 0.0826. The van der Waals surface area contributed by atoms with Crippen LogP contribution in [0.25, 0.3) is 0 Å². The van der Waals surface area contributed by atoms with E-state index in [0.29, 0.717) is 0 Å². The molecule has 0 fully saturated rings. The Morgan fingerprint density at radius 2 is 2.22 bits per heavy atom. The van der Waals surface area contributed by atoms with E-state index in [1.54, 1.807) is 0 Å². The molecule has 1 amide bonds. The third kappa shape index (κ3) is 4.81. The van der Waals surface area contributed by atoms with Crippen molar-refractivity contribution >= 4 is 46.1 Å². The maximum absolute atomic E-state index is 11.4. The maximum atomic E-state index is 11.4. The molecular formula is C12H13ClINO3. The number of rotatable bonds is 5. The second-order valence-corrected chi connectivity index (χ2v) is 5.10. The second kappa shape index (κ2) is 7.58. The van der Waals surface area contributed by atoms with Gasteiger partial charge in [-0.1, -0.05) is 12.1 Å². The van der Waals surface area contributed by atoms with Crippen molar-refractivity contribution in [1.82, 2.24) is 5.32 Å². The minimum atomic E-state index is -0.418. The number of benzene rings is 1. The maximum Gasteiger partial charge on any atom is 0.307 e. The molecule has 0 bridgehead atoms. The van der Waals surface area contributed by atoms with Crippen molar-refractivity contribution < 1.29 is 14.3 Å².